The number of benzene rings is 2. The molecule has 3 aromatic rings. The predicted octanol–water partition coefficient (Wildman–Crippen LogP) is 4.01. The number of anilines is 1. The molecule has 1 amide bonds. The maximum Gasteiger partial charge on any atom is 0.257 e. The minimum Gasteiger partial charge on any atom is -0.497 e. The van der Waals surface area contributed by atoms with Gasteiger partial charge in [0.1, 0.15) is 17.2 Å². The largest absolute Gasteiger partial charge is 0.497 e. The molecule has 0 saturated carbocycles. The van der Waals surface area contributed by atoms with Crippen molar-refractivity contribution in [2.24, 2.45) is 0 Å². The average Bonchev–Trinajstić information content (AvgIpc) is 3.36. The van der Waals surface area contributed by atoms with E-state index in [1.165, 1.54) is 16.9 Å². The van der Waals surface area contributed by atoms with Crippen molar-refractivity contribution < 1.29 is 19.0 Å². The number of thiazole rings is 1. The highest BCUT2D eigenvalue weighted by atomic mass is 32.1. The van der Waals surface area contributed by atoms with Gasteiger partial charge in [-0.2, -0.15) is 0 Å². The molecule has 2 heterocycles. The molecular weight excluding hydrogens is 364 g/mol. The standard InChI is InChI=1S/C20H18N2O4S/c1-24-15-8-14(9-16(10-15)25-2)19(23)22-20-21-17(11-27-20)12-3-4-18-13(7-12)5-6-26-18/h3-4,7-11H,5-6H2,1-2H3,(H,21,22,23). The van der Waals surface area contributed by atoms with Crippen molar-refractivity contribution in [1.82, 2.24) is 4.98 Å². The average molecular weight is 382 g/mol. The number of hydrogen-bond acceptors (Lipinski definition) is 6. The van der Waals surface area contributed by atoms with Gasteiger partial charge in [0.15, 0.2) is 5.13 Å². The number of rotatable bonds is 5. The van der Waals surface area contributed by atoms with Crippen LogP contribution in [0.1, 0.15) is 15.9 Å². The summed E-state index contributed by atoms with van der Waals surface area (Å²) in [4.78, 5) is 17.1. The first kappa shape index (κ1) is 17.4. The van der Waals surface area contributed by atoms with Crippen molar-refractivity contribution >= 4 is 22.4 Å². The molecule has 0 fully saturated rings. The molecule has 1 aromatic heterocycles. The third kappa shape index (κ3) is 3.59. The molecule has 0 saturated heterocycles. The molecule has 0 bridgehead atoms. The van der Waals surface area contributed by atoms with E-state index >= 15 is 0 Å². The van der Waals surface area contributed by atoms with Gasteiger partial charge in [-0.1, -0.05) is 0 Å². The van der Waals surface area contributed by atoms with E-state index in [1.807, 2.05) is 17.5 Å². The number of ether oxygens (including phenoxy) is 3. The van der Waals surface area contributed by atoms with Crippen LogP contribution in [-0.4, -0.2) is 31.7 Å². The Hall–Kier alpha value is -3.06. The number of nitrogens with zero attached hydrogens (tertiary/aromatic N) is 1. The van der Waals surface area contributed by atoms with Crippen molar-refractivity contribution in [2.45, 2.75) is 6.42 Å². The Bertz CT molecular complexity index is 977. The van der Waals surface area contributed by atoms with E-state index < -0.39 is 0 Å². The minimum absolute atomic E-state index is 0.268. The first-order valence-electron chi connectivity index (χ1n) is 8.42. The molecule has 4 rings (SSSR count). The number of carbonyl (C=O) groups excluding carboxylic acids is 1. The molecule has 1 aliphatic rings. The molecule has 0 unspecified atom stereocenters. The lowest BCUT2D eigenvalue weighted by atomic mass is 10.1. The summed E-state index contributed by atoms with van der Waals surface area (Å²) in [6, 6.07) is 11.1. The van der Waals surface area contributed by atoms with Gasteiger partial charge in [0.2, 0.25) is 0 Å². The first-order chi connectivity index (χ1) is 13.2. The van der Waals surface area contributed by atoms with Gasteiger partial charge in [0, 0.05) is 29.0 Å². The molecule has 0 aliphatic carbocycles. The number of aromatic nitrogens is 1. The highest BCUT2D eigenvalue weighted by Gasteiger charge is 2.15. The van der Waals surface area contributed by atoms with Crippen LogP contribution >= 0.6 is 11.3 Å². The SMILES string of the molecule is COc1cc(OC)cc(C(=O)Nc2nc(-c3ccc4c(c3)CCO4)cs2)c1. The lowest BCUT2D eigenvalue weighted by Gasteiger charge is -2.08. The highest BCUT2D eigenvalue weighted by molar-refractivity contribution is 7.14. The molecule has 0 radical (unpaired) electrons. The van der Waals surface area contributed by atoms with Crippen molar-refractivity contribution in [3.05, 3.63) is 52.9 Å². The van der Waals surface area contributed by atoms with Gasteiger partial charge in [-0.15, -0.1) is 11.3 Å². The van der Waals surface area contributed by atoms with Crippen LogP contribution in [0.4, 0.5) is 5.13 Å². The lowest BCUT2D eigenvalue weighted by Crippen LogP contribution is -2.12. The molecule has 7 heteroatoms. The number of methoxy groups -OCH3 is 2. The Morgan fingerprint density at radius 2 is 1.93 bits per heavy atom. The monoisotopic (exact) mass is 382 g/mol. The summed E-state index contributed by atoms with van der Waals surface area (Å²) < 4.78 is 16.0. The number of nitrogens with one attached hydrogen (secondary N) is 1. The predicted molar refractivity (Wildman–Crippen MR) is 104 cm³/mol. The quantitative estimate of drug-likeness (QED) is 0.722. The molecule has 6 nitrogen and oxygen atoms in total. The van der Waals surface area contributed by atoms with Gasteiger partial charge in [0.05, 0.1) is 26.5 Å². The van der Waals surface area contributed by atoms with Crippen LogP contribution in [-0.2, 0) is 6.42 Å². The van der Waals surface area contributed by atoms with Crippen LogP contribution in [0, 0.1) is 0 Å². The van der Waals surface area contributed by atoms with E-state index in [4.69, 9.17) is 14.2 Å². The maximum atomic E-state index is 12.6. The van der Waals surface area contributed by atoms with E-state index in [0.717, 1.165) is 30.0 Å². The molecule has 2 aromatic carbocycles. The van der Waals surface area contributed by atoms with Gasteiger partial charge in [-0.3, -0.25) is 10.1 Å². The zero-order chi connectivity index (χ0) is 18.8. The number of carbonyl (C=O) groups is 1. The zero-order valence-electron chi connectivity index (χ0n) is 14.9. The zero-order valence-corrected chi connectivity index (χ0v) is 15.8. The highest BCUT2D eigenvalue weighted by Crippen LogP contribution is 2.32. The molecule has 27 heavy (non-hydrogen) atoms. The lowest BCUT2D eigenvalue weighted by molar-refractivity contribution is 0.102. The van der Waals surface area contributed by atoms with E-state index in [2.05, 4.69) is 16.4 Å². The smallest absolute Gasteiger partial charge is 0.257 e. The molecule has 138 valence electrons. The number of fused-ring (bicyclic) bond motifs is 1. The molecule has 1 N–H and O–H groups in total. The van der Waals surface area contributed by atoms with Crippen molar-refractivity contribution in [3.8, 4) is 28.5 Å². The molecule has 0 atom stereocenters. The summed E-state index contributed by atoms with van der Waals surface area (Å²) in [6.07, 6.45) is 0.911. The van der Waals surface area contributed by atoms with Gasteiger partial charge in [-0.05, 0) is 35.9 Å². The van der Waals surface area contributed by atoms with Crippen molar-refractivity contribution in [1.29, 1.82) is 0 Å². The fraction of sp³-hybridized carbons (Fsp3) is 0.200. The first-order valence-corrected chi connectivity index (χ1v) is 9.30. The number of amides is 1. The second-order valence-electron chi connectivity index (χ2n) is 6.01. The van der Waals surface area contributed by atoms with E-state index in [9.17, 15) is 4.79 Å². The van der Waals surface area contributed by atoms with Crippen LogP contribution < -0.4 is 19.5 Å². The Kier molecular flexibility index (Phi) is 4.68. The van der Waals surface area contributed by atoms with Crippen LogP contribution in [0.2, 0.25) is 0 Å². The maximum absolute atomic E-state index is 12.6. The van der Waals surface area contributed by atoms with Crippen LogP contribution in [0.25, 0.3) is 11.3 Å². The topological polar surface area (TPSA) is 69.7 Å². The summed E-state index contributed by atoms with van der Waals surface area (Å²) in [6.45, 7) is 0.723. The third-order valence-electron chi connectivity index (χ3n) is 4.32. The van der Waals surface area contributed by atoms with Gasteiger partial charge in [-0.25, -0.2) is 4.98 Å². The Labute approximate surface area is 160 Å². The summed E-state index contributed by atoms with van der Waals surface area (Å²) in [5.41, 5.74) is 3.47. The second-order valence-corrected chi connectivity index (χ2v) is 6.87. The minimum atomic E-state index is -0.268. The van der Waals surface area contributed by atoms with Crippen LogP contribution in [0.5, 0.6) is 17.2 Å². The van der Waals surface area contributed by atoms with E-state index in [-0.39, 0.29) is 5.91 Å². The second kappa shape index (κ2) is 7.28. The van der Waals surface area contributed by atoms with Crippen LogP contribution in [0.15, 0.2) is 41.8 Å². The van der Waals surface area contributed by atoms with Crippen molar-refractivity contribution in [3.63, 3.8) is 0 Å². The van der Waals surface area contributed by atoms with E-state index in [1.54, 1.807) is 32.4 Å². The Morgan fingerprint density at radius 1 is 1.15 bits per heavy atom. The molecular formula is C20H18N2O4S. The third-order valence-corrected chi connectivity index (χ3v) is 5.08. The molecule has 1 aliphatic heterocycles. The van der Waals surface area contributed by atoms with E-state index in [0.29, 0.717) is 22.2 Å². The van der Waals surface area contributed by atoms with Gasteiger partial charge in [0.25, 0.3) is 5.91 Å². The van der Waals surface area contributed by atoms with Gasteiger partial charge >= 0.3 is 0 Å². The summed E-state index contributed by atoms with van der Waals surface area (Å²) in [5, 5.41) is 5.30. The Morgan fingerprint density at radius 3 is 2.67 bits per heavy atom. The summed E-state index contributed by atoms with van der Waals surface area (Å²) in [5.74, 6) is 1.78. The fourth-order valence-electron chi connectivity index (χ4n) is 2.92. The van der Waals surface area contributed by atoms with Crippen molar-refractivity contribution in [2.75, 3.05) is 26.1 Å². The fourth-order valence-corrected chi connectivity index (χ4v) is 3.63. The Balaban J connectivity index is 1.53. The summed E-state index contributed by atoms with van der Waals surface area (Å²) >= 11 is 1.38. The normalized spacial score (nSPS) is 12.2. The van der Waals surface area contributed by atoms with Crippen LogP contribution in [0.3, 0.4) is 0 Å². The molecule has 0 spiro atoms. The number of hydrogen-bond donors (Lipinski definition) is 1. The summed E-state index contributed by atoms with van der Waals surface area (Å²) in [7, 11) is 3.09. The van der Waals surface area contributed by atoms with Gasteiger partial charge < -0.3 is 14.2 Å².